The molecule has 0 spiro atoms. The zero-order valence-corrected chi connectivity index (χ0v) is 18.1. The minimum Gasteiger partial charge on any atom is -0.467 e. The number of ether oxygens (including phenoxy) is 1. The van der Waals surface area contributed by atoms with Crippen LogP contribution in [0.2, 0.25) is 0 Å². The summed E-state index contributed by atoms with van der Waals surface area (Å²) in [5, 5.41) is 3.09. The van der Waals surface area contributed by atoms with E-state index in [1.165, 1.54) is 18.4 Å². The number of hydrogen-bond donors (Lipinski definition) is 1. The second kappa shape index (κ2) is 9.82. The van der Waals surface area contributed by atoms with E-state index in [4.69, 9.17) is 4.74 Å². The van der Waals surface area contributed by atoms with Gasteiger partial charge in [0, 0.05) is 44.5 Å². The van der Waals surface area contributed by atoms with E-state index in [9.17, 15) is 14.4 Å². The minimum atomic E-state index is -0.818. The van der Waals surface area contributed by atoms with Crippen LogP contribution in [0.1, 0.15) is 42.5 Å². The molecule has 3 rings (SSSR count). The van der Waals surface area contributed by atoms with Crippen molar-refractivity contribution in [1.82, 2.24) is 15.1 Å². The summed E-state index contributed by atoms with van der Waals surface area (Å²) in [6.45, 7) is 0.798. The van der Waals surface area contributed by atoms with Crippen LogP contribution in [0.4, 0.5) is 10.5 Å². The lowest BCUT2D eigenvalue weighted by atomic mass is 9.96. The Kier molecular flexibility index (Phi) is 7.18. The number of esters is 1. The van der Waals surface area contributed by atoms with Gasteiger partial charge in [-0.05, 0) is 37.1 Å². The number of methoxy groups -OCH3 is 1. The van der Waals surface area contributed by atoms with Crippen molar-refractivity contribution in [3.05, 3.63) is 29.8 Å². The van der Waals surface area contributed by atoms with Crippen molar-refractivity contribution in [2.45, 2.75) is 44.2 Å². The molecule has 2 fully saturated rings. The summed E-state index contributed by atoms with van der Waals surface area (Å²) >= 11 is 0. The Morgan fingerprint density at radius 1 is 1.03 bits per heavy atom. The summed E-state index contributed by atoms with van der Waals surface area (Å²) in [6, 6.07) is 6.46. The Hall–Kier alpha value is -2.77. The van der Waals surface area contributed by atoms with Gasteiger partial charge in [-0.15, -0.1) is 0 Å². The van der Waals surface area contributed by atoms with Gasteiger partial charge in [-0.3, -0.25) is 4.79 Å². The number of anilines is 1. The van der Waals surface area contributed by atoms with Crippen LogP contribution in [-0.4, -0.2) is 80.6 Å². The fraction of sp³-hybridized carbons (Fsp3) is 0.591. The molecule has 1 aromatic rings. The molecule has 1 aromatic carbocycles. The Morgan fingerprint density at radius 2 is 1.70 bits per heavy atom. The molecule has 1 N–H and O–H groups in total. The fourth-order valence-corrected chi connectivity index (χ4v) is 4.13. The van der Waals surface area contributed by atoms with Crippen molar-refractivity contribution in [3.63, 3.8) is 0 Å². The van der Waals surface area contributed by atoms with E-state index in [1.54, 1.807) is 17.0 Å². The molecule has 1 aliphatic heterocycles. The topological polar surface area (TPSA) is 82.2 Å². The number of nitrogens with zero attached hydrogens (tertiary/aromatic N) is 3. The lowest BCUT2D eigenvalue weighted by Crippen LogP contribution is -2.61. The third-order valence-corrected chi connectivity index (χ3v) is 5.97. The zero-order valence-electron chi connectivity index (χ0n) is 18.1. The maximum absolute atomic E-state index is 13.1. The first kappa shape index (κ1) is 21.9. The second-order valence-corrected chi connectivity index (χ2v) is 8.21. The van der Waals surface area contributed by atoms with Gasteiger partial charge in [0.2, 0.25) is 0 Å². The van der Waals surface area contributed by atoms with Crippen molar-refractivity contribution in [1.29, 1.82) is 0 Å². The number of benzene rings is 1. The summed E-state index contributed by atoms with van der Waals surface area (Å²) in [6.07, 6.45) is 5.46. The second-order valence-electron chi connectivity index (χ2n) is 8.21. The van der Waals surface area contributed by atoms with E-state index < -0.39 is 12.0 Å². The number of carbonyl (C=O) groups excluding carboxylic acids is 3. The van der Waals surface area contributed by atoms with E-state index in [0.717, 1.165) is 31.4 Å². The smallest absolute Gasteiger partial charge is 0.330 e. The molecule has 2 aliphatic rings. The van der Waals surface area contributed by atoms with Crippen LogP contribution in [0.5, 0.6) is 0 Å². The van der Waals surface area contributed by atoms with E-state index in [0.29, 0.717) is 12.1 Å². The summed E-state index contributed by atoms with van der Waals surface area (Å²) in [4.78, 5) is 43.3. The lowest BCUT2D eigenvalue weighted by Gasteiger charge is -2.40. The summed E-state index contributed by atoms with van der Waals surface area (Å²) in [5.41, 5.74) is 1.50. The van der Waals surface area contributed by atoms with Crippen molar-refractivity contribution in [2.75, 3.05) is 45.7 Å². The van der Waals surface area contributed by atoms with Crippen LogP contribution in [0.3, 0.4) is 0 Å². The monoisotopic (exact) mass is 416 g/mol. The molecule has 0 bridgehead atoms. The predicted molar refractivity (Wildman–Crippen MR) is 115 cm³/mol. The highest BCUT2D eigenvalue weighted by atomic mass is 16.5. The van der Waals surface area contributed by atoms with Gasteiger partial charge in [0.15, 0.2) is 0 Å². The predicted octanol–water partition coefficient (Wildman–Crippen LogP) is 2.09. The lowest BCUT2D eigenvalue weighted by molar-refractivity contribution is -0.147. The highest BCUT2D eigenvalue weighted by Crippen LogP contribution is 2.20. The summed E-state index contributed by atoms with van der Waals surface area (Å²) in [5.74, 6) is -0.744. The summed E-state index contributed by atoms with van der Waals surface area (Å²) < 4.78 is 4.94. The van der Waals surface area contributed by atoms with Crippen LogP contribution in [0.15, 0.2) is 24.3 Å². The molecule has 0 radical (unpaired) electrons. The average molecular weight is 417 g/mol. The molecule has 0 aromatic heterocycles. The Labute approximate surface area is 178 Å². The maximum Gasteiger partial charge on any atom is 0.330 e. The van der Waals surface area contributed by atoms with E-state index in [1.807, 2.05) is 31.1 Å². The van der Waals surface area contributed by atoms with Crippen LogP contribution in [-0.2, 0) is 9.53 Å². The Morgan fingerprint density at radius 3 is 2.30 bits per heavy atom. The maximum atomic E-state index is 13.1. The van der Waals surface area contributed by atoms with Gasteiger partial charge in [0.05, 0.1) is 13.7 Å². The number of rotatable bonds is 4. The van der Waals surface area contributed by atoms with Crippen molar-refractivity contribution < 1.29 is 19.1 Å². The van der Waals surface area contributed by atoms with Gasteiger partial charge < -0.3 is 24.8 Å². The molecule has 1 saturated heterocycles. The van der Waals surface area contributed by atoms with Crippen LogP contribution in [0, 0.1) is 0 Å². The third-order valence-electron chi connectivity index (χ3n) is 5.97. The number of urea groups is 1. The number of hydrogen-bond acceptors (Lipinski definition) is 5. The molecule has 30 heavy (non-hydrogen) atoms. The molecular formula is C22H32N4O4. The minimum absolute atomic E-state index is 0.132. The third kappa shape index (κ3) is 5.04. The molecule has 1 atom stereocenters. The normalized spacial score (nSPS) is 19.9. The van der Waals surface area contributed by atoms with Crippen LogP contribution in [0.25, 0.3) is 0 Å². The molecule has 8 nitrogen and oxygen atoms in total. The van der Waals surface area contributed by atoms with Crippen LogP contribution < -0.4 is 10.2 Å². The SMILES string of the molecule is COC(=O)C1CN(C(=O)NC2CCCCC2)CCN1C(=O)c1ccc(N(C)C)cc1. The quantitative estimate of drug-likeness (QED) is 0.760. The number of piperazine rings is 1. The molecule has 8 heteroatoms. The number of amides is 3. The van der Waals surface area contributed by atoms with Crippen molar-refractivity contribution in [2.24, 2.45) is 0 Å². The van der Waals surface area contributed by atoms with Crippen molar-refractivity contribution in [3.8, 4) is 0 Å². The van der Waals surface area contributed by atoms with E-state index in [-0.39, 0.29) is 31.1 Å². The van der Waals surface area contributed by atoms with E-state index >= 15 is 0 Å². The van der Waals surface area contributed by atoms with E-state index in [2.05, 4.69) is 5.32 Å². The first-order chi connectivity index (χ1) is 14.4. The molecule has 1 heterocycles. The highest BCUT2D eigenvalue weighted by molar-refractivity contribution is 5.97. The molecule has 1 aliphatic carbocycles. The van der Waals surface area contributed by atoms with Gasteiger partial charge in [-0.1, -0.05) is 19.3 Å². The largest absolute Gasteiger partial charge is 0.467 e. The Balaban J connectivity index is 1.69. The number of carbonyl (C=O) groups is 3. The standard InChI is InChI=1S/C22H32N4O4/c1-24(2)18-11-9-16(10-12-18)20(27)26-14-13-25(15-19(26)21(28)30-3)22(29)23-17-7-5-4-6-8-17/h9-12,17,19H,4-8,13-15H2,1-3H3,(H,23,29). The molecular weight excluding hydrogens is 384 g/mol. The first-order valence-electron chi connectivity index (χ1n) is 10.6. The number of nitrogens with one attached hydrogen (secondary N) is 1. The van der Waals surface area contributed by atoms with Crippen LogP contribution >= 0.6 is 0 Å². The summed E-state index contributed by atoms with van der Waals surface area (Å²) in [7, 11) is 5.17. The average Bonchev–Trinajstić information content (AvgIpc) is 2.78. The van der Waals surface area contributed by atoms with Gasteiger partial charge in [-0.2, -0.15) is 0 Å². The van der Waals surface area contributed by atoms with Gasteiger partial charge in [0.25, 0.3) is 5.91 Å². The molecule has 3 amide bonds. The molecule has 1 unspecified atom stereocenters. The zero-order chi connectivity index (χ0) is 21.7. The molecule has 164 valence electrons. The van der Waals surface area contributed by atoms with Crippen molar-refractivity contribution >= 4 is 23.6 Å². The fourth-order valence-electron chi connectivity index (χ4n) is 4.13. The highest BCUT2D eigenvalue weighted by Gasteiger charge is 2.38. The molecule has 1 saturated carbocycles. The van der Waals surface area contributed by atoms with Gasteiger partial charge >= 0.3 is 12.0 Å². The first-order valence-corrected chi connectivity index (χ1v) is 10.6. The van der Waals surface area contributed by atoms with Gasteiger partial charge in [-0.25, -0.2) is 9.59 Å². The van der Waals surface area contributed by atoms with Gasteiger partial charge in [0.1, 0.15) is 6.04 Å². The Bertz CT molecular complexity index is 759.